The number of fused-ring (bicyclic) bond motifs is 5. The van der Waals surface area contributed by atoms with Crippen molar-refractivity contribution in [1.82, 2.24) is 9.88 Å². The van der Waals surface area contributed by atoms with Gasteiger partial charge in [0.05, 0.1) is 6.10 Å². The van der Waals surface area contributed by atoms with Crippen LogP contribution in [0.25, 0.3) is 21.8 Å². The van der Waals surface area contributed by atoms with Crippen molar-refractivity contribution < 1.29 is 9.90 Å². The Bertz CT molecular complexity index is 1000. The molecule has 0 saturated heterocycles. The van der Waals surface area contributed by atoms with Crippen molar-refractivity contribution in [2.75, 3.05) is 13.1 Å². The zero-order valence-corrected chi connectivity index (χ0v) is 16.2. The molecule has 1 atom stereocenters. The summed E-state index contributed by atoms with van der Waals surface area (Å²) in [7, 11) is 0. The number of rotatable bonds is 7. The van der Waals surface area contributed by atoms with E-state index in [0.717, 1.165) is 55.4 Å². The standard InChI is InChI=1S/C23H28N2O2/c1-3-11-24-12-4-13-25-20-8-5-16(15(2)26)14-19(20)23-18-7-10-22(27)17(18)6-9-21(23)25/h5-6,8-9,14-15,24,26H,3-4,7,10-13H2,1-2H3. The number of aliphatic hydroxyl groups is 1. The lowest BCUT2D eigenvalue weighted by atomic mass is 10.0. The highest BCUT2D eigenvalue weighted by molar-refractivity contribution is 6.15. The average molecular weight is 364 g/mol. The first kappa shape index (κ1) is 18.2. The number of hydrogen-bond acceptors (Lipinski definition) is 3. The van der Waals surface area contributed by atoms with Crippen LogP contribution in [-0.2, 0) is 13.0 Å². The Kier molecular flexibility index (Phi) is 5.02. The van der Waals surface area contributed by atoms with Crippen LogP contribution in [0.1, 0.15) is 60.7 Å². The van der Waals surface area contributed by atoms with Crippen molar-refractivity contribution in [2.45, 2.75) is 52.2 Å². The number of nitrogens with one attached hydrogen (secondary N) is 1. The van der Waals surface area contributed by atoms with E-state index in [1.807, 2.05) is 12.1 Å². The van der Waals surface area contributed by atoms with E-state index in [0.29, 0.717) is 6.42 Å². The van der Waals surface area contributed by atoms with Gasteiger partial charge >= 0.3 is 0 Å². The predicted octanol–water partition coefficient (Wildman–Crippen LogP) is 4.37. The molecule has 4 heteroatoms. The molecule has 1 heterocycles. The number of aromatic nitrogens is 1. The molecule has 4 rings (SSSR count). The second-order valence-electron chi connectivity index (χ2n) is 7.62. The van der Waals surface area contributed by atoms with E-state index in [2.05, 4.69) is 35.0 Å². The molecule has 27 heavy (non-hydrogen) atoms. The molecule has 1 aromatic heterocycles. The third kappa shape index (κ3) is 3.17. The summed E-state index contributed by atoms with van der Waals surface area (Å²) < 4.78 is 2.38. The van der Waals surface area contributed by atoms with Gasteiger partial charge < -0.3 is 15.0 Å². The van der Waals surface area contributed by atoms with Crippen molar-refractivity contribution in [2.24, 2.45) is 0 Å². The number of carbonyl (C=O) groups is 1. The van der Waals surface area contributed by atoms with Crippen LogP contribution in [-0.4, -0.2) is 28.5 Å². The zero-order valence-electron chi connectivity index (χ0n) is 16.2. The number of carbonyl (C=O) groups excluding carboxylic acids is 1. The lowest BCUT2D eigenvalue weighted by Gasteiger charge is -2.09. The van der Waals surface area contributed by atoms with Crippen LogP contribution in [0.5, 0.6) is 0 Å². The van der Waals surface area contributed by atoms with E-state index >= 15 is 0 Å². The minimum Gasteiger partial charge on any atom is -0.389 e. The fourth-order valence-corrected chi connectivity index (χ4v) is 4.34. The summed E-state index contributed by atoms with van der Waals surface area (Å²) in [5.74, 6) is 0.253. The Balaban J connectivity index is 1.84. The summed E-state index contributed by atoms with van der Waals surface area (Å²) in [5, 5.41) is 15.9. The van der Waals surface area contributed by atoms with Crippen LogP contribution in [0.3, 0.4) is 0 Å². The van der Waals surface area contributed by atoms with Crippen LogP contribution in [0.2, 0.25) is 0 Å². The van der Waals surface area contributed by atoms with Gasteiger partial charge in [-0.05, 0) is 74.7 Å². The minimum absolute atomic E-state index is 0.253. The first-order chi connectivity index (χ1) is 13.1. The predicted molar refractivity (Wildman–Crippen MR) is 111 cm³/mol. The van der Waals surface area contributed by atoms with Gasteiger partial charge in [0.15, 0.2) is 5.78 Å². The van der Waals surface area contributed by atoms with Gasteiger partial charge in [-0.3, -0.25) is 4.79 Å². The number of nitrogens with zero attached hydrogens (tertiary/aromatic N) is 1. The van der Waals surface area contributed by atoms with Gasteiger partial charge in [0, 0.05) is 40.3 Å². The smallest absolute Gasteiger partial charge is 0.163 e. The minimum atomic E-state index is -0.496. The summed E-state index contributed by atoms with van der Waals surface area (Å²) in [6, 6.07) is 10.4. The van der Waals surface area contributed by atoms with Gasteiger partial charge in [0.25, 0.3) is 0 Å². The lowest BCUT2D eigenvalue weighted by Crippen LogP contribution is -2.17. The number of ketones is 1. The summed E-state index contributed by atoms with van der Waals surface area (Å²) in [4.78, 5) is 12.2. The van der Waals surface area contributed by atoms with Gasteiger partial charge in [0.1, 0.15) is 0 Å². The Labute approximate surface area is 160 Å². The van der Waals surface area contributed by atoms with Crippen molar-refractivity contribution in [3.05, 3.63) is 47.0 Å². The van der Waals surface area contributed by atoms with Crippen LogP contribution in [0.4, 0.5) is 0 Å². The Hall–Kier alpha value is -2.17. The molecule has 2 N–H and O–H groups in total. The summed E-state index contributed by atoms with van der Waals surface area (Å²) in [5.41, 5.74) is 5.39. The molecule has 0 spiro atoms. The van der Waals surface area contributed by atoms with E-state index in [1.54, 1.807) is 6.92 Å². The van der Waals surface area contributed by atoms with Gasteiger partial charge in [0.2, 0.25) is 0 Å². The molecule has 0 radical (unpaired) electrons. The second kappa shape index (κ2) is 7.45. The molecule has 3 aromatic rings. The maximum Gasteiger partial charge on any atom is 0.163 e. The molecule has 1 aliphatic rings. The molecular weight excluding hydrogens is 336 g/mol. The van der Waals surface area contributed by atoms with Crippen molar-refractivity contribution in [1.29, 1.82) is 0 Å². The maximum absolute atomic E-state index is 12.2. The largest absolute Gasteiger partial charge is 0.389 e. The Morgan fingerprint density at radius 2 is 1.96 bits per heavy atom. The maximum atomic E-state index is 12.2. The molecule has 142 valence electrons. The number of aryl methyl sites for hydroxylation is 2. The second-order valence-corrected chi connectivity index (χ2v) is 7.62. The first-order valence-electron chi connectivity index (χ1n) is 10.1. The quantitative estimate of drug-likeness (QED) is 0.612. The highest BCUT2D eigenvalue weighted by Crippen LogP contribution is 2.38. The Morgan fingerprint density at radius 3 is 2.74 bits per heavy atom. The Morgan fingerprint density at radius 1 is 1.15 bits per heavy atom. The molecule has 0 bridgehead atoms. The fourth-order valence-electron chi connectivity index (χ4n) is 4.34. The average Bonchev–Trinajstić information content (AvgIpc) is 3.19. The van der Waals surface area contributed by atoms with Crippen LogP contribution in [0.15, 0.2) is 30.3 Å². The topological polar surface area (TPSA) is 54.3 Å². The highest BCUT2D eigenvalue weighted by atomic mass is 16.3. The van der Waals surface area contributed by atoms with Gasteiger partial charge in [-0.2, -0.15) is 0 Å². The fraction of sp³-hybridized carbons (Fsp3) is 0.435. The SMILES string of the molecule is CCCNCCCn1c2ccc(C(C)O)cc2c2c3c(ccc21)C(=O)CC3. The molecule has 0 amide bonds. The number of Topliss-reactive ketones (excluding diaryl/α,β-unsaturated/α-hetero) is 1. The van der Waals surface area contributed by atoms with Gasteiger partial charge in [-0.25, -0.2) is 0 Å². The van der Waals surface area contributed by atoms with Crippen LogP contribution in [0, 0.1) is 0 Å². The van der Waals surface area contributed by atoms with E-state index in [-0.39, 0.29) is 5.78 Å². The molecular formula is C23H28N2O2. The first-order valence-corrected chi connectivity index (χ1v) is 10.1. The van der Waals surface area contributed by atoms with E-state index in [9.17, 15) is 9.90 Å². The molecule has 0 saturated carbocycles. The molecule has 0 fully saturated rings. The monoisotopic (exact) mass is 364 g/mol. The summed E-state index contributed by atoms with van der Waals surface area (Å²) in [6.07, 6.45) is 3.15. The summed E-state index contributed by atoms with van der Waals surface area (Å²) >= 11 is 0. The molecule has 0 aliphatic heterocycles. The number of aliphatic hydroxyl groups excluding tert-OH is 1. The zero-order chi connectivity index (χ0) is 19.0. The third-order valence-corrected chi connectivity index (χ3v) is 5.71. The van der Waals surface area contributed by atoms with E-state index < -0.39 is 6.10 Å². The van der Waals surface area contributed by atoms with Crippen molar-refractivity contribution in [3.8, 4) is 0 Å². The molecule has 4 nitrogen and oxygen atoms in total. The number of benzene rings is 2. The van der Waals surface area contributed by atoms with E-state index in [4.69, 9.17) is 0 Å². The highest BCUT2D eigenvalue weighted by Gasteiger charge is 2.25. The number of hydrogen-bond donors (Lipinski definition) is 2. The van der Waals surface area contributed by atoms with Crippen LogP contribution < -0.4 is 5.32 Å². The normalized spacial score (nSPS) is 15.0. The molecule has 1 aliphatic carbocycles. The van der Waals surface area contributed by atoms with Crippen LogP contribution >= 0.6 is 0 Å². The molecule has 2 aromatic carbocycles. The van der Waals surface area contributed by atoms with Gasteiger partial charge in [-0.15, -0.1) is 0 Å². The van der Waals surface area contributed by atoms with Crippen molar-refractivity contribution in [3.63, 3.8) is 0 Å². The summed E-state index contributed by atoms with van der Waals surface area (Å²) in [6.45, 7) is 6.98. The van der Waals surface area contributed by atoms with Crippen molar-refractivity contribution >= 4 is 27.6 Å². The third-order valence-electron chi connectivity index (χ3n) is 5.71. The van der Waals surface area contributed by atoms with E-state index in [1.165, 1.54) is 22.0 Å². The molecule has 1 unspecified atom stereocenters. The van der Waals surface area contributed by atoms with Gasteiger partial charge in [-0.1, -0.05) is 13.0 Å². The lowest BCUT2D eigenvalue weighted by molar-refractivity contribution is 0.0994.